The highest BCUT2D eigenvalue weighted by atomic mass is 79.9. The van der Waals surface area contributed by atoms with Gasteiger partial charge in [-0.2, -0.15) is 0 Å². The highest BCUT2D eigenvalue weighted by Crippen LogP contribution is 2.36. The first-order valence-electron chi connectivity index (χ1n) is 5.99. The lowest BCUT2D eigenvalue weighted by atomic mass is 9.89. The van der Waals surface area contributed by atoms with Gasteiger partial charge in [-0.05, 0) is 31.1 Å². The van der Waals surface area contributed by atoms with Crippen molar-refractivity contribution in [1.29, 1.82) is 0 Å². The maximum atomic E-state index is 11.5. The summed E-state index contributed by atoms with van der Waals surface area (Å²) in [4.78, 5) is 11.5. The van der Waals surface area contributed by atoms with Crippen molar-refractivity contribution in [3.8, 4) is 0 Å². The van der Waals surface area contributed by atoms with Crippen molar-refractivity contribution in [3.05, 3.63) is 0 Å². The maximum absolute atomic E-state index is 11.5. The van der Waals surface area contributed by atoms with E-state index in [1.807, 2.05) is 0 Å². The summed E-state index contributed by atoms with van der Waals surface area (Å²) in [6.07, 6.45) is 7.97. The smallest absolute Gasteiger partial charge is 0.220 e. The second-order valence-corrected chi connectivity index (χ2v) is 5.73. The molecule has 0 bridgehead atoms. The van der Waals surface area contributed by atoms with Crippen LogP contribution in [0.5, 0.6) is 0 Å². The fraction of sp³-hybridized carbons (Fsp3) is 0.917. The molecule has 1 aliphatic rings. The van der Waals surface area contributed by atoms with Crippen molar-refractivity contribution in [2.45, 2.75) is 51.9 Å². The molecule has 0 spiro atoms. The lowest BCUT2D eigenvalue weighted by Crippen LogP contribution is -2.33. The minimum atomic E-state index is 0.226. The van der Waals surface area contributed by atoms with E-state index >= 15 is 0 Å². The number of carbonyl (C=O) groups is 1. The minimum absolute atomic E-state index is 0.226. The van der Waals surface area contributed by atoms with Crippen LogP contribution in [0.3, 0.4) is 0 Å². The van der Waals surface area contributed by atoms with E-state index in [0.29, 0.717) is 11.8 Å². The van der Waals surface area contributed by atoms with Gasteiger partial charge in [0.15, 0.2) is 0 Å². The lowest BCUT2D eigenvalue weighted by Gasteiger charge is -2.23. The van der Waals surface area contributed by atoms with Crippen LogP contribution in [-0.2, 0) is 4.79 Å². The van der Waals surface area contributed by atoms with Gasteiger partial charge in [-0.3, -0.25) is 4.79 Å². The van der Waals surface area contributed by atoms with Crippen LogP contribution in [0.4, 0.5) is 0 Å². The van der Waals surface area contributed by atoms with Crippen LogP contribution in [-0.4, -0.2) is 17.8 Å². The summed E-state index contributed by atoms with van der Waals surface area (Å²) in [6.45, 7) is 3.17. The van der Waals surface area contributed by atoms with Crippen molar-refractivity contribution in [2.75, 3.05) is 11.9 Å². The van der Waals surface area contributed by atoms with Gasteiger partial charge >= 0.3 is 0 Å². The van der Waals surface area contributed by atoms with Gasteiger partial charge in [0, 0.05) is 18.3 Å². The molecule has 0 aromatic carbocycles. The molecule has 0 radical (unpaired) electrons. The van der Waals surface area contributed by atoms with Crippen molar-refractivity contribution in [1.82, 2.24) is 5.32 Å². The first kappa shape index (κ1) is 13.0. The molecule has 0 unspecified atom stereocenters. The Kier molecular flexibility index (Phi) is 5.65. The van der Waals surface area contributed by atoms with E-state index in [0.717, 1.165) is 24.7 Å². The van der Waals surface area contributed by atoms with Crippen molar-refractivity contribution >= 4 is 21.8 Å². The van der Waals surface area contributed by atoms with Gasteiger partial charge < -0.3 is 5.32 Å². The molecule has 1 rings (SSSR count). The average Bonchev–Trinajstić information content (AvgIpc) is 2.64. The summed E-state index contributed by atoms with van der Waals surface area (Å²) < 4.78 is 0. The number of hydrogen-bond acceptors (Lipinski definition) is 1. The Hall–Kier alpha value is -0.0500. The molecule has 1 saturated carbocycles. The van der Waals surface area contributed by atoms with E-state index < -0.39 is 0 Å². The van der Waals surface area contributed by atoms with E-state index in [-0.39, 0.29) is 5.91 Å². The van der Waals surface area contributed by atoms with Crippen LogP contribution in [0.1, 0.15) is 51.9 Å². The molecule has 1 N–H and O–H groups in total. The zero-order valence-electron chi connectivity index (χ0n) is 9.65. The number of unbranched alkanes of at least 4 members (excludes halogenated alkanes) is 1. The van der Waals surface area contributed by atoms with Crippen LogP contribution in [0.25, 0.3) is 0 Å². The van der Waals surface area contributed by atoms with Gasteiger partial charge in [0.05, 0.1) is 0 Å². The molecule has 0 aliphatic heterocycles. The minimum Gasteiger partial charge on any atom is -0.356 e. The van der Waals surface area contributed by atoms with E-state index in [2.05, 4.69) is 28.2 Å². The third-order valence-electron chi connectivity index (χ3n) is 3.31. The monoisotopic (exact) mass is 275 g/mol. The van der Waals surface area contributed by atoms with Crippen LogP contribution in [0.2, 0.25) is 0 Å². The molecule has 15 heavy (non-hydrogen) atoms. The first-order valence-corrected chi connectivity index (χ1v) is 7.11. The van der Waals surface area contributed by atoms with Crippen molar-refractivity contribution in [2.24, 2.45) is 5.41 Å². The normalized spacial score (nSPS) is 19.1. The van der Waals surface area contributed by atoms with Gasteiger partial charge in [0.25, 0.3) is 0 Å². The molecule has 1 aliphatic carbocycles. The van der Waals surface area contributed by atoms with Gasteiger partial charge in [0.2, 0.25) is 5.91 Å². The van der Waals surface area contributed by atoms with Gasteiger partial charge in [-0.1, -0.05) is 35.7 Å². The fourth-order valence-electron chi connectivity index (χ4n) is 2.19. The summed E-state index contributed by atoms with van der Waals surface area (Å²) in [7, 11) is 0. The SMILES string of the molecule is CC1(CNC(=O)CCCCBr)CCCC1. The van der Waals surface area contributed by atoms with Crippen LogP contribution in [0.15, 0.2) is 0 Å². The summed E-state index contributed by atoms with van der Waals surface area (Å²) in [5.74, 6) is 0.226. The molecule has 1 amide bonds. The Balaban J connectivity index is 2.10. The molecule has 0 aromatic rings. The third-order valence-corrected chi connectivity index (χ3v) is 3.87. The summed E-state index contributed by atoms with van der Waals surface area (Å²) in [6, 6.07) is 0. The van der Waals surface area contributed by atoms with Crippen LogP contribution >= 0.6 is 15.9 Å². The molecular weight excluding hydrogens is 254 g/mol. The average molecular weight is 276 g/mol. The molecule has 0 saturated heterocycles. The number of halogens is 1. The second-order valence-electron chi connectivity index (χ2n) is 4.94. The Labute approximate surface area is 101 Å². The standard InChI is InChI=1S/C12H22BrNO/c1-12(7-3-4-8-12)10-14-11(15)6-2-5-9-13/h2-10H2,1H3,(H,14,15). The number of carbonyl (C=O) groups excluding carboxylic acids is 1. The maximum Gasteiger partial charge on any atom is 0.220 e. The lowest BCUT2D eigenvalue weighted by molar-refractivity contribution is -0.121. The third kappa shape index (κ3) is 5.01. The Morgan fingerprint density at radius 3 is 2.60 bits per heavy atom. The molecule has 0 heterocycles. The van der Waals surface area contributed by atoms with E-state index in [1.165, 1.54) is 25.7 Å². The first-order chi connectivity index (χ1) is 7.16. The van der Waals surface area contributed by atoms with E-state index in [9.17, 15) is 4.79 Å². The predicted octanol–water partition coefficient (Wildman–Crippen LogP) is 3.25. The number of alkyl halides is 1. The largest absolute Gasteiger partial charge is 0.356 e. The molecule has 1 fully saturated rings. The predicted molar refractivity (Wildman–Crippen MR) is 67.2 cm³/mol. The topological polar surface area (TPSA) is 29.1 Å². The summed E-state index contributed by atoms with van der Waals surface area (Å²) >= 11 is 3.37. The van der Waals surface area contributed by atoms with Gasteiger partial charge in [0.1, 0.15) is 0 Å². The van der Waals surface area contributed by atoms with Gasteiger partial charge in [-0.25, -0.2) is 0 Å². The van der Waals surface area contributed by atoms with E-state index in [4.69, 9.17) is 0 Å². The number of nitrogens with one attached hydrogen (secondary N) is 1. The molecular formula is C12H22BrNO. The zero-order valence-corrected chi connectivity index (χ0v) is 11.2. The van der Waals surface area contributed by atoms with Crippen LogP contribution in [0, 0.1) is 5.41 Å². The molecule has 3 heteroatoms. The molecule has 0 aromatic heterocycles. The second kappa shape index (κ2) is 6.51. The van der Waals surface area contributed by atoms with Gasteiger partial charge in [-0.15, -0.1) is 0 Å². The number of rotatable bonds is 6. The highest BCUT2D eigenvalue weighted by Gasteiger charge is 2.28. The quantitative estimate of drug-likeness (QED) is 0.585. The molecule has 2 nitrogen and oxygen atoms in total. The fourth-order valence-corrected chi connectivity index (χ4v) is 2.58. The number of amides is 1. The van der Waals surface area contributed by atoms with Crippen molar-refractivity contribution < 1.29 is 4.79 Å². The zero-order chi connectivity index (χ0) is 11.1. The van der Waals surface area contributed by atoms with E-state index in [1.54, 1.807) is 0 Å². The molecule has 88 valence electrons. The Morgan fingerprint density at radius 2 is 2.00 bits per heavy atom. The molecule has 0 atom stereocenters. The Bertz CT molecular complexity index is 200. The number of hydrogen-bond donors (Lipinski definition) is 1. The Morgan fingerprint density at radius 1 is 1.33 bits per heavy atom. The van der Waals surface area contributed by atoms with Crippen LogP contribution < -0.4 is 5.32 Å². The summed E-state index contributed by atoms with van der Waals surface area (Å²) in [5.41, 5.74) is 0.380. The summed E-state index contributed by atoms with van der Waals surface area (Å²) in [5, 5.41) is 4.07. The highest BCUT2D eigenvalue weighted by molar-refractivity contribution is 9.09. The van der Waals surface area contributed by atoms with Crippen molar-refractivity contribution in [3.63, 3.8) is 0 Å².